The Kier molecular flexibility index (Phi) is 8.58. The van der Waals surface area contributed by atoms with Crippen molar-refractivity contribution in [3.05, 3.63) is 98.4 Å². The maximum atomic E-state index is 14.0. The van der Waals surface area contributed by atoms with E-state index < -0.39 is 28.9 Å². The Balaban J connectivity index is 1.74. The van der Waals surface area contributed by atoms with E-state index >= 15 is 0 Å². The summed E-state index contributed by atoms with van der Waals surface area (Å²) in [6.07, 6.45) is 2.87. The molecule has 0 radical (unpaired) electrons. The van der Waals surface area contributed by atoms with E-state index in [4.69, 9.17) is 9.47 Å². The third-order valence-electron chi connectivity index (χ3n) is 7.09. The van der Waals surface area contributed by atoms with E-state index in [1.807, 2.05) is 30.3 Å². The minimum atomic E-state index is -0.900. The number of ether oxygens (including phenoxy) is 2. The number of benzene rings is 2. The lowest BCUT2D eigenvalue weighted by Gasteiger charge is -2.33. The second kappa shape index (κ2) is 12.0. The minimum absolute atomic E-state index is 0.138. The van der Waals surface area contributed by atoms with Crippen molar-refractivity contribution >= 4 is 17.6 Å². The summed E-state index contributed by atoms with van der Waals surface area (Å²) in [5, 5.41) is 14.6. The molecule has 1 saturated heterocycles. The van der Waals surface area contributed by atoms with E-state index in [0.717, 1.165) is 31.5 Å². The molecule has 2 heterocycles. The molecule has 9 nitrogen and oxygen atoms in total. The zero-order chi connectivity index (χ0) is 27.2. The van der Waals surface area contributed by atoms with Crippen molar-refractivity contribution in [3.63, 3.8) is 0 Å². The quantitative estimate of drug-likeness (QED) is 0.302. The zero-order valence-electron chi connectivity index (χ0n) is 21.9. The molecule has 2 aromatic rings. The second-order valence-electron chi connectivity index (χ2n) is 9.64. The van der Waals surface area contributed by atoms with Crippen LogP contribution in [0.15, 0.2) is 77.1 Å². The summed E-state index contributed by atoms with van der Waals surface area (Å²) in [6, 6.07) is 15.6. The highest BCUT2D eigenvalue weighted by Gasteiger charge is 2.39. The summed E-state index contributed by atoms with van der Waals surface area (Å²) in [5.41, 5.74) is 2.62. The third-order valence-corrected chi connectivity index (χ3v) is 7.09. The predicted octanol–water partition coefficient (Wildman–Crippen LogP) is 4.77. The summed E-state index contributed by atoms with van der Waals surface area (Å²) in [6.45, 7) is 5.88. The summed E-state index contributed by atoms with van der Waals surface area (Å²) in [5.74, 6) is -2.12. The molecule has 9 heteroatoms. The van der Waals surface area contributed by atoms with Crippen LogP contribution in [-0.2, 0) is 19.1 Å². The van der Waals surface area contributed by atoms with E-state index in [1.165, 1.54) is 25.7 Å². The molecular weight excluding hydrogens is 486 g/mol. The van der Waals surface area contributed by atoms with Gasteiger partial charge in [0.2, 0.25) is 0 Å². The van der Waals surface area contributed by atoms with Crippen LogP contribution in [0.3, 0.4) is 0 Å². The van der Waals surface area contributed by atoms with E-state index in [1.54, 1.807) is 26.0 Å². The summed E-state index contributed by atoms with van der Waals surface area (Å²) >= 11 is 0. The van der Waals surface area contributed by atoms with Gasteiger partial charge in [-0.05, 0) is 50.9 Å². The molecule has 0 aliphatic carbocycles. The van der Waals surface area contributed by atoms with E-state index in [0.29, 0.717) is 23.5 Å². The number of likely N-dealkylation sites (tertiary alicyclic amines) is 1. The lowest BCUT2D eigenvalue weighted by molar-refractivity contribution is -0.384. The van der Waals surface area contributed by atoms with Crippen molar-refractivity contribution < 1.29 is 24.0 Å². The fraction of sp³-hybridized carbons (Fsp3) is 0.379. The number of carbonyl (C=O) groups excluding carboxylic acids is 2. The van der Waals surface area contributed by atoms with Crippen molar-refractivity contribution in [3.8, 4) is 0 Å². The lowest BCUT2D eigenvalue weighted by Crippen LogP contribution is -2.36. The smallest absolute Gasteiger partial charge is 0.337 e. The number of carbonyl (C=O) groups is 2. The number of nitrogens with zero attached hydrogens (tertiary/aromatic N) is 2. The molecule has 0 saturated carbocycles. The molecule has 2 aliphatic heterocycles. The Hall–Kier alpha value is -3.98. The van der Waals surface area contributed by atoms with Gasteiger partial charge in [-0.25, -0.2) is 9.59 Å². The molecule has 0 unspecified atom stereocenters. The standard InChI is InChI=1S/C29H33N3O6/c1-19-25(28(33)37-3)27(22-13-10-14-23(17-22)32(35)36)26(20(2)30-19)29(34)38-24(21-11-6-4-7-12-21)18-31-15-8-5-9-16-31/h4,6-7,10-14,17,24,27,30H,5,8-9,15-16,18H2,1-3H3/t24-,27+/m0/s1. The first kappa shape index (κ1) is 27.1. The van der Waals surface area contributed by atoms with Gasteiger partial charge in [-0.15, -0.1) is 0 Å². The van der Waals surface area contributed by atoms with Gasteiger partial charge in [-0.2, -0.15) is 0 Å². The van der Waals surface area contributed by atoms with Gasteiger partial charge in [0.1, 0.15) is 6.10 Å². The highest BCUT2D eigenvalue weighted by Crippen LogP contribution is 2.40. The van der Waals surface area contributed by atoms with Crippen molar-refractivity contribution in [1.29, 1.82) is 0 Å². The molecule has 1 N–H and O–H groups in total. The van der Waals surface area contributed by atoms with Gasteiger partial charge < -0.3 is 14.8 Å². The predicted molar refractivity (Wildman–Crippen MR) is 142 cm³/mol. The Morgan fingerprint density at radius 3 is 2.29 bits per heavy atom. The molecule has 200 valence electrons. The molecule has 0 bridgehead atoms. The van der Waals surface area contributed by atoms with Crippen LogP contribution < -0.4 is 5.32 Å². The zero-order valence-corrected chi connectivity index (χ0v) is 21.9. The highest BCUT2D eigenvalue weighted by molar-refractivity contribution is 6.00. The van der Waals surface area contributed by atoms with Crippen LogP contribution in [0.4, 0.5) is 5.69 Å². The molecule has 2 aromatic carbocycles. The maximum absolute atomic E-state index is 14.0. The van der Waals surface area contributed by atoms with Crippen LogP contribution in [0.2, 0.25) is 0 Å². The molecule has 2 atom stereocenters. The number of nitro groups is 1. The highest BCUT2D eigenvalue weighted by atomic mass is 16.6. The molecule has 4 rings (SSSR count). The van der Waals surface area contributed by atoms with Crippen molar-refractivity contribution in [2.45, 2.75) is 45.1 Å². The summed E-state index contributed by atoms with van der Waals surface area (Å²) < 4.78 is 11.2. The molecule has 0 spiro atoms. The average molecular weight is 520 g/mol. The Bertz CT molecular complexity index is 1260. The number of nitro benzene ring substituents is 1. The summed E-state index contributed by atoms with van der Waals surface area (Å²) in [4.78, 5) is 40.2. The number of rotatable bonds is 8. The van der Waals surface area contributed by atoms with Gasteiger partial charge >= 0.3 is 11.9 Å². The van der Waals surface area contributed by atoms with Gasteiger partial charge in [0.15, 0.2) is 0 Å². The first-order valence-corrected chi connectivity index (χ1v) is 12.8. The number of nitrogens with one attached hydrogen (secondary N) is 1. The average Bonchev–Trinajstić information content (AvgIpc) is 2.93. The summed E-state index contributed by atoms with van der Waals surface area (Å²) in [7, 11) is 1.26. The Morgan fingerprint density at radius 1 is 1.00 bits per heavy atom. The fourth-order valence-electron chi connectivity index (χ4n) is 5.24. The SMILES string of the molecule is COC(=O)C1=C(C)NC(C)=C(C(=O)O[C@@H](CN2CCCCC2)c2ccccc2)[C@@H]1c1cccc([N+](=O)[O-])c1. The molecule has 38 heavy (non-hydrogen) atoms. The van der Waals surface area contributed by atoms with Gasteiger partial charge in [0.25, 0.3) is 5.69 Å². The number of dihydropyridines is 1. The number of hydrogen-bond donors (Lipinski definition) is 1. The van der Waals surface area contributed by atoms with Crippen LogP contribution in [0.1, 0.15) is 56.3 Å². The van der Waals surface area contributed by atoms with Gasteiger partial charge in [-0.1, -0.05) is 48.9 Å². The first-order valence-electron chi connectivity index (χ1n) is 12.8. The first-order chi connectivity index (χ1) is 18.3. The number of esters is 2. The largest absolute Gasteiger partial charge is 0.466 e. The van der Waals surface area contributed by atoms with Crippen LogP contribution in [0.25, 0.3) is 0 Å². The second-order valence-corrected chi connectivity index (χ2v) is 9.64. The van der Waals surface area contributed by atoms with E-state index in [-0.39, 0.29) is 16.8 Å². The number of allylic oxidation sites excluding steroid dienone is 2. The number of piperidine rings is 1. The number of hydrogen-bond acceptors (Lipinski definition) is 8. The molecule has 1 fully saturated rings. The lowest BCUT2D eigenvalue weighted by atomic mass is 9.80. The Labute approximate surface area is 222 Å². The van der Waals surface area contributed by atoms with Crippen LogP contribution in [-0.4, -0.2) is 48.5 Å². The van der Waals surface area contributed by atoms with Crippen LogP contribution in [0, 0.1) is 10.1 Å². The maximum Gasteiger partial charge on any atom is 0.337 e. The number of methoxy groups -OCH3 is 1. The van der Waals surface area contributed by atoms with Crippen LogP contribution in [0.5, 0.6) is 0 Å². The fourth-order valence-corrected chi connectivity index (χ4v) is 5.24. The monoisotopic (exact) mass is 519 g/mol. The van der Waals surface area contributed by atoms with Gasteiger partial charge in [0.05, 0.1) is 29.1 Å². The van der Waals surface area contributed by atoms with E-state index in [9.17, 15) is 19.7 Å². The third kappa shape index (κ3) is 5.94. The molecule has 0 amide bonds. The van der Waals surface area contributed by atoms with Crippen LogP contribution >= 0.6 is 0 Å². The topological polar surface area (TPSA) is 111 Å². The molecule has 2 aliphatic rings. The van der Waals surface area contributed by atoms with Crippen molar-refractivity contribution in [2.75, 3.05) is 26.7 Å². The minimum Gasteiger partial charge on any atom is -0.466 e. The molecular formula is C29H33N3O6. The van der Waals surface area contributed by atoms with Gasteiger partial charge in [0, 0.05) is 30.1 Å². The number of non-ortho nitro benzene ring substituents is 1. The van der Waals surface area contributed by atoms with Gasteiger partial charge in [-0.3, -0.25) is 15.0 Å². The van der Waals surface area contributed by atoms with Crippen molar-refractivity contribution in [1.82, 2.24) is 10.2 Å². The molecule has 0 aromatic heterocycles. The van der Waals surface area contributed by atoms with Crippen molar-refractivity contribution in [2.24, 2.45) is 0 Å². The van der Waals surface area contributed by atoms with E-state index in [2.05, 4.69) is 10.2 Å². The Morgan fingerprint density at radius 2 is 1.66 bits per heavy atom. The normalized spacial score (nSPS) is 19.0.